The molecule has 0 fully saturated rings. The average molecular weight is 379 g/mol. The number of aryl methyl sites for hydroxylation is 1. The zero-order valence-electron chi connectivity index (χ0n) is 13.7. The van der Waals surface area contributed by atoms with Crippen LogP contribution >= 0.6 is 11.3 Å². The molecule has 0 saturated heterocycles. The minimum absolute atomic E-state index is 0.442. The summed E-state index contributed by atoms with van der Waals surface area (Å²) in [6, 6.07) is 0. The lowest BCUT2D eigenvalue weighted by Crippen LogP contribution is -2.35. The minimum Gasteiger partial charge on any atom is -0.440 e. The largest absolute Gasteiger partial charge is 0.440 e. The molecular weight excluding hydrogens is 359 g/mol. The molecule has 0 spiro atoms. The van der Waals surface area contributed by atoms with Crippen LogP contribution in [-0.4, -0.2) is 36.3 Å². The van der Waals surface area contributed by atoms with Crippen LogP contribution in [0.15, 0.2) is 0 Å². The first-order chi connectivity index (χ1) is 11.8. The fourth-order valence-corrected chi connectivity index (χ4v) is 3.80. The second-order valence-corrected chi connectivity index (χ2v) is 6.96. The molecule has 0 radical (unpaired) electrons. The second kappa shape index (κ2) is 8.50. The van der Waals surface area contributed by atoms with E-state index in [9.17, 15) is 22.8 Å². The third kappa shape index (κ3) is 6.52. The number of nitrogens with zero attached hydrogens (tertiary/aromatic N) is 1. The van der Waals surface area contributed by atoms with Crippen LogP contribution in [0.4, 0.5) is 23.1 Å². The van der Waals surface area contributed by atoms with Gasteiger partial charge >= 0.3 is 12.3 Å². The van der Waals surface area contributed by atoms with Crippen molar-refractivity contribution in [3.05, 3.63) is 10.6 Å². The van der Waals surface area contributed by atoms with Crippen LogP contribution in [-0.2, 0) is 22.4 Å². The maximum atomic E-state index is 11.9. The molecule has 0 saturated carbocycles. The number of carbonyl (C=O) groups excluding carboxylic acids is 2. The van der Waals surface area contributed by atoms with E-state index in [4.69, 9.17) is 0 Å². The number of thiazole rings is 1. The molecule has 2 amide bonds. The Bertz CT molecular complexity index is 619. The first-order valence-corrected chi connectivity index (χ1v) is 8.84. The molecule has 1 aliphatic rings. The molecule has 1 aromatic heterocycles. The number of hydrogen-bond acceptors (Lipinski definition) is 5. The fourth-order valence-electron chi connectivity index (χ4n) is 2.67. The van der Waals surface area contributed by atoms with Crippen LogP contribution in [0, 0.1) is 5.92 Å². The smallest absolute Gasteiger partial charge is 0.422 e. The molecule has 25 heavy (non-hydrogen) atoms. The molecule has 1 atom stereocenters. The van der Waals surface area contributed by atoms with Gasteiger partial charge in [0.05, 0.1) is 5.69 Å². The summed E-state index contributed by atoms with van der Waals surface area (Å²) in [5, 5.41) is 4.96. The first kappa shape index (κ1) is 19.5. The normalized spacial score (nSPS) is 16.9. The van der Waals surface area contributed by atoms with E-state index >= 15 is 0 Å². The van der Waals surface area contributed by atoms with Crippen LogP contribution in [0.1, 0.15) is 36.8 Å². The van der Waals surface area contributed by atoms with E-state index in [-0.39, 0.29) is 0 Å². The van der Waals surface area contributed by atoms with Crippen LogP contribution in [0.3, 0.4) is 0 Å². The Balaban J connectivity index is 1.77. The van der Waals surface area contributed by atoms with E-state index in [0.717, 1.165) is 36.3 Å². The number of amides is 2. The summed E-state index contributed by atoms with van der Waals surface area (Å²) >= 11 is 1.41. The molecule has 1 aromatic rings. The van der Waals surface area contributed by atoms with Gasteiger partial charge in [0.2, 0.25) is 5.91 Å². The lowest BCUT2D eigenvalue weighted by Gasteiger charge is -2.19. The van der Waals surface area contributed by atoms with Gasteiger partial charge in [0, 0.05) is 4.88 Å². The zero-order valence-corrected chi connectivity index (χ0v) is 14.6. The van der Waals surface area contributed by atoms with E-state index < -0.39 is 31.3 Å². The number of fused-ring (bicyclic) bond motifs is 1. The molecule has 1 aliphatic carbocycles. The number of hydrogen-bond donors (Lipinski definition) is 2. The van der Waals surface area contributed by atoms with Crippen molar-refractivity contribution in [1.29, 1.82) is 0 Å². The van der Waals surface area contributed by atoms with E-state index in [1.807, 2.05) is 5.32 Å². The molecule has 0 bridgehead atoms. The molecule has 0 aliphatic heterocycles. The highest BCUT2D eigenvalue weighted by Crippen LogP contribution is 2.33. The number of aromatic nitrogens is 1. The number of halogens is 3. The zero-order chi connectivity index (χ0) is 18.4. The van der Waals surface area contributed by atoms with Crippen LogP contribution in [0.5, 0.6) is 0 Å². The summed E-state index contributed by atoms with van der Waals surface area (Å²) in [5.41, 5.74) is 0.991. The summed E-state index contributed by atoms with van der Waals surface area (Å²) in [7, 11) is 0. The number of rotatable bonds is 6. The van der Waals surface area contributed by atoms with E-state index in [2.05, 4.69) is 22.0 Å². The fraction of sp³-hybridized carbons (Fsp3) is 0.667. The maximum absolute atomic E-state index is 11.9. The maximum Gasteiger partial charge on any atom is 0.422 e. The highest BCUT2D eigenvalue weighted by atomic mass is 32.1. The van der Waals surface area contributed by atoms with Crippen molar-refractivity contribution in [2.45, 2.75) is 45.2 Å². The van der Waals surface area contributed by atoms with Crippen molar-refractivity contribution in [3.8, 4) is 0 Å². The van der Waals surface area contributed by atoms with Gasteiger partial charge in [-0.25, -0.2) is 9.78 Å². The second-order valence-electron chi connectivity index (χ2n) is 5.88. The number of anilines is 1. The van der Waals surface area contributed by atoms with Crippen molar-refractivity contribution in [3.63, 3.8) is 0 Å². The van der Waals surface area contributed by atoms with Crippen LogP contribution < -0.4 is 10.6 Å². The summed E-state index contributed by atoms with van der Waals surface area (Å²) in [4.78, 5) is 28.4. The number of carbonyl (C=O) groups is 2. The first-order valence-electron chi connectivity index (χ1n) is 8.02. The van der Waals surface area contributed by atoms with E-state index in [1.165, 1.54) is 17.8 Å². The van der Waals surface area contributed by atoms with Gasteiger partial charge in [-0.05, 0) is 25.2 Å². The van der Waals surface area contributed by atoms with E-state index in [0.29, 0.717) is 11.0 Å². The molecule has 6 nitrogen and oxygen atoms in total. The van der Waals surface area contributed by atoms with Crippen molar-refractivity contribution >= 4 is 28.5 Å². The van der Waals surface area contributed by atoms with Gasteiger partial charge in [0.25, 0.3) is 0 Å². The topological polar surface area (TPSA) is 80.3 Å². The molecular formula is C15H20F3N3O3S. The van der Waals surface area contributed by atoms with Gasteiger partial charge in [-0.3, -0.25) is 4.79 Å². The van der Waals surface area contributed by atoms with Gasteiger partial charge < -0.3 is 15.4 Å². The Morgan fingerprint density at radius 2 is 2.16 bits per heavy atom. The minimum atomic E-state index is -4.60. The number of ether oxygens (including phenoxy) is 1. The molecule has 2 rings (SSSR count). The summed E-state index contributed by atoms with van der Waals surface area (Å²) in [6.45, 7) is -0.0292. The van der Waals surface area contributed by atoms with E-state index in [1.54, 1.807) is 0 Å². The number of nitrogens with one attached hydrogen (secondary N) is 2. The molecule has 0 unspecified atom stereocenters. The van der Waals surface area contributed by atoms with Crippen LogP contribution in [0.2, 0.25) is 0 Å². The highest BCUT2D eigenvalue weighted by molar-refractivity contribution is 7.15. The Morgan fingerprint density at radius 3 is 2.84 bits per heavy atom. The van der Waals surface area contributed by atoms with Gasteiger partial charge in [-0.15, -0.1) is 11.3 Å². The number of alkyl halides is 3. The van der Waals surface area contributed by atoms with Gasteiger partial charge in [-0.1, -0.05) is 19.8 Å². The Labute approximate surface area is 147 Å². The highest BCUT2D eigenvalue weighted by Gasteiger charge is 2.29. The Hall–Kier alpha value is -1.84. The Kier molecular flexibility index (Phi) is 6.63. The molecule has 0 aromatic carbocycles. The lowest BCUT2D eigenvalue weighted by molar-refractivity contribution is -0.160. The van der Waals surface area contributed by atoms with Crippen molar-refractivity contribution in [1.82, 2.24) is 10.3 Å². The standard InChI is InChI=1S/C15H20F3N3O3S/c1-2-3-9-4-5-10-11(6-9)25-13(20-10)21-12(22)7-19-14(23)24-8-15(16,17)18/h9H,2-8H2,1H3,(H,19,23)(H,20,21,22)/t9-/m0/s1. The van der Waals surface area contributed by atoms with Gasteiger partial charge in [0.15, 0.2) is 11.7 Å². The predicted molar refractivity (Wildman–Crippen MR) is 86.6 cm³/mol. The van der Waals surface area contributed by atoms with Crippen molar-refractivity contribution in [2.75, 3.05) is 18.5 Å². The third-order valence-electron chi connectivity index (χ3n) is 3.75. The third-order valence-corrected chi connectivity index (χ3v) is 4.78. The summed E-state index contributed by atoms with van der Waals surface area (Å²) in [5.74, 6) is 0.0757. The summed E-state index contributed by atoms with van der Waals surface area (Å²) in [6.07, 6.45) is -0.665. The molecule has 2 N–H and O–H groups in total. The van der Waals surface area contributed by atoms with Crippen molar-refractivity contribution in [2.24, 2.45) is 5.92 Å². The average Bonchev–Trinajstić information content (AvgIpc) is 2.92. The Morgan fingerprint density at radius 1 is 1.40 bits per heavy atom. The monoisotopic (exact) mass is 379 g/mol. The molecule has 1 heterocycles. The van der Waals surface area contributed by atoms with Crippen LogP contribution in [0.25, 0.3) is 0 Å². The summed E-state index contributed by atoms with van der Waals surface area (Å²) < 4.78 is 39.6. The predicted octanol–water partition coefficient (Wildman–Crippen LogP) is 3.28. The SMILES string of the molecule is CCC[C@H]1CCc2nc(NC(=O)CNC(=O)OCC(F)(F)F)sc2C1. The lowest BCUT2D eigenvalue weighted by atomic mass is 9.88. The molecule has 10 heteroatoms. The number of alkyl carbamates (subject to hydrolysis) is 1. The van der Waals surface area contributed by atoms with Crippen molar-refractivity contribution < 1.29 is 27.5 Å². The van der Waals surface area contributed by atoms with Gasteiger partial charge in [0.1, 0.15) is 6.54 Å². The quantitative estimate of drug-likeness (QED) is 0.795. The van der Waals surface area contributed by atoms with Gasteiger partial charge in [-0.2, -0.15) is 13.2 Å². The molecule has 140 valence electrons.